The highest BCUT2D eigenvalue weighted by molar-refractivity contribution is 5.96. The van der Waals surface area contributed by atoms with Gasteiger partial charge >= 0.3 is 11.9 Å². The summed E-state index contributed by atoms with van der Waals surface area (Å²) in [6.45, 7) is 17.8. The molecule has 0 heterocycles. The van der Waals surface area contributed by atoms with Gasteiger partial charge in [0.25, 0.3) is 0 Å². The third-order valence-electron chi connectivity index (χ3n) is 15.5. The summed E-state index contributed by atoms with van der Waals surface area (Å²) >= 11 is 0. The lowest BCUT2D eigenvalue weighted by Gasteiger charge is -2.70. The van der Waals surface area contributed by atoms with Crippen molar-refractivity contribution >= 4 is 23.6 Å². The largest absolute Gasteiger partial charge is 0.480 e. The Morgan fingerprint density at radius 3 is 2.24 bits per heavy atom. The lowest BCUT2D eigenvalue weighted by Crippen LogP contribution is -2.67. The fraction of sp³-hybridized carbons (Fsp3) is 0.714. The summed E-state index contributed by atoms with van der Waals surface area (Å²) in [6.07, 6.45) is 10.3. The quantitative estimate of drug-likeness (QED) is 0.283. The molecule has 2 N–H and O–H groups in total. The fourth-order valence-corrected chi connectivity index (χ4v) is 12.2. The molecule has 7 heteroatoms. The Bertz CT molecular complexity index is 1550. The zero-order valence-electron chi connectivity index (χ0n) is 31.1. The number of fused-ring (bicyclic) bond motifs is 7. The molecule has 1 amide bonds. The minimum absolute atomic E-state index is 0.0187. The van der Waals surface area contributed by atoms with Gasteiger partial charge in [-0.1, -0.05) is 91.3 Å². The van der Waals surface area contributed by atoms with Gasteiger partial charge in [-0.25, -0.2) is 4.79 Å². The second-order valence-corrected chi connectivity index (χ2v) is 18.5. The Hall–Kier alpha value is -2.96. The van der Waals surface area contributed by atoms with Crippen LogP contribution < -0.4 is 5.32 Å². The predicted molar refractivity (Wildman–Crippen MR) is 189 cm³/mol. The molecule has 0 radical (unpaired) electrons. The number of allylic oxidation sites excluding steroid dienone is 2. The smallest absolute Gasteiger partial charge is 0.326 e. The van der Waals surface area contributed by atoms with E-state index in [4.69, 9.17) is 4.74 Å². The van der Waals surface area contributed by atoms with Crippen LogP contribution in [0, 0.1) is 50.2 Å². The summed E-state index contributed by atoms with van der Waals surface area (Å²) in [4.78, 5) is 53.5. The number of hydrogen-bond donors (Lipinski definition) is 2. The van der Waals surface area contributed by atoms with Gasteiger partial charge in [0, 0.05) is 29.6 Å². The van der Waals surface area contributed by atoms with Gasteiger partial charge in [-0.15, -0.1) is 0 Å². The number of carboxylic acids is 1. The molecule has 4 saturated carbocycles. The maximum absolute atomic E-state index is 14.8. The van der Waals surface area contributed by atoms with Gasteiger partial charge in [0.2, 0.25) is 5.91 Å². The van der Waals surface area contributed by atoms with E-state index in [1.54, 1.807) is 0 Å². The summed E-state index contributed by atoms with van der Waals surface area (Å²) in [5, 5.41) is 13.0. The van der Waals surface area contributed by atoms with E-state index in [0.29, 0.717) is 19.3 Å². The molecule has 2 unspecified atom stereocenters. The van der Waals surface area contributed by atoms with Crippen molar-refractivity contribution in [1.29, 1.82) is 0 Å². The van der Waals surface area contributed by atoms with E-state index in [-0.39, 0.29) is 75.0 Å². The van der Waals surface area contributed by atoms with E-state index in [1.807, 2.05) is 50.3 Å². The average molecular weight is 674 g/mol. The van der Waals surface area contributed by atoms with Crippen molar-refractivity contribution < 1.29 is 29.0 Å². The first-order valence-corrected chi connectivity index (χ1v) is 18.9. The molecule has 0 aliphatic heterocycles. The summed E-state index contributed by atoms with van der Waals surface area (Å²) in [7, 11) is 0. The van der Waals surface area contributed by atoms with E-state index in [1.165, 1.54) is 5.57 Å². The SMILES string of the molecule is CCC(=O)O[C@H]1CC[C@@]2(C)C(CC[C@]3(C)C2C(=O)C=C2[C@@H]4C[C@@](C)(C(=O)N[C@@H](Cc5ccccc5)C(=O)O)CC[C@]4(C)CC[C@]23C)C1(C)C. The number of amides is 1. The van der Waals surface area contributed by atoms with Crippen molar-refractivity contribution in [1.82, 2.24) is 5.32 Å². The number of carbonyl (C=O) groups is 4. The maximum atomic E-state index is 14.8. The number of carboxylic acid groups (broad SMARTS) is 1. The van der Waals surface area contributed by atoms with Gasteiger partial charge < -0.3 is 15.2 Å². The minimum atomic E-state index is -1.03. The third kappa shape index (κ3) is 5.51. The Labute approximate surface area is 293 Å². The molecule has 0 saturated heterocycles. The Kier molecular flexibility index (Phi) is 8.84. The zero-order valence-corrected chi connectivity index (χ0v) is 31.1. The summed E-state index contributed by atoms with van der Waals surface area (Å²) < 4.78 is 6.02. The van der Waals surface area contributed by atoms with Crippen molar-refractivity contribution in [3.63, 3.8) is 0 Å². The lowest BCUT2D eigenvalue weighted by molar-refractivity contribution is -0.210. The molecule has 0 bridgehead atoms. The summed E-state index contributed by atoms with van der Waals surface area (Å²) in [5.74, 6) is -0.935. The topological polar surface area (TPSA) is 110 Å². The highest BCUT2D eigenvalue weighted by atomic mass is 16.5. The summed E-state index contributed by atoms with van der Waals surface area (Å²) in [6, 6.07) is 8.43. The van der Waals surface area contributed by atoms with Crippen molar-refractivity contribution in [2.45, 2.75) is 138 Å². The highest BCUT2D eigenvalue weighted by Gasteiger charge is 2.70. The van der Waals surface area contributed by atoms with E-state index in [0.717, 1.165) is 50.5 Å². The number of ether oxygens (including phenoxy) is 1. The Balaban J connectivity index is 1.30. The molecule has 6 rings (SSSR count). The Morgan fingerprint density at radius 2 is 1.59 bits per heavy atom. The van der Waals surface area contributed by atoms with Gasteiger partial charge in [0.15, 0.2) is 5.78 Å². The molecule has 5 aliphatic rings. The predicted octanol–water partition coefficient (Wildman–Crippen LogP) is 8.10. The first-order valence-electron chi connectivity index (χ1n) is 18.9. The monoisotopic (exact) mass is 673 g/mol. The van der Waals surface area contributed by atoms with Gasteiger partial charge in [0.1, 0.15) is 12.1 Å². The molecule has 10 atom stereocenters. The second-order valence-electron chi connectivity index (χ2n) is 18.5. The van der Waals surface area contributed by atoms with Gasteiger partial charge in [-0.2, -0.15) is 0 Å². The van der Waals surface area contributed by atoms with Gasteiger partial charge in [0.05, 0.1) is 0 Å². The highest BCUT2D eigenvalue weighted by Crippen LogP contribution is 2.75. The molecule has 7 nitrogen and oxygen atoms in total. The molecule has 49 heavy (non-hydrogen) atoms. The van der Waals surface area contributed by atoms with Crippen molar-refractivity contribution in [3.8, 4) is 0 Å². The number of esters is 1. The van der Waals surface area contributed by atoms with Crippen LogP contribution in [0.15, 0.2) is 42.0 Å². The second kappa shape index (κ2) is 12.1. The van der Waals surface area contributed by atoms with E-state index < -0.39 is 17.4 Å². The molecular formula is C42H59NO6. The Morgan fingerprint density at radius 1 is 0.918 bits per heavy atom. The van der Waals surface area contributed by atoms with E-state index >= 15 is 0 Å². The van der Waals surface area contributed by atoms with Gasteiger partial charge in [-0.3, -0.25) is 14.4 Å². The van der Waals surface area contributed by atoms with Crippen LogP contribution in [0.5, 0.6) is 0 Å². The maximum Gasteiger partial charge on any atom is 0.326 e. The molecule has 1 aromatic rings. The van der Waals surface area contributed by atoms with Crippen molar-refractivity contribution in [2.75, 3.05) is 0 Å². The van der Waals surface area contributed by atoms with Crippen LogP contribution in [0.4, 0.5) is 0 Å². The van der Waals surface area contributed by atoms with Crippen LogP contribution in [0.25, 0.3) is 0 Å². The van der Waals surface area contributed by atoms with Crippen molar-refractivity contribution in [3.05, 3.63) is 47.5 Å². The van der Waals surface area contributed by atoms with Crippen molar-refractivity contribution in [2.24, 2.45) is 50.2 Å². The lowest BCUT2D eigenvalue weighted by atomic mass is 9.33. The molecular weight excluding hydrogens is 614 g/mol. The van der Waals surface area contributed by atoms with Crippen LogP contribution in [-0.4, -0.2) is 40.9 Å². The molecule has 1 aromatic carbocycles. The molecule has 5 aliphatic carbocycles. The fourth-order valence-electron chi connectivity index (χ4n) is 12.2. The minimum Gasteiger partial charge on any atom is -0.480 e. The van der Waals surface area contributed by atoms with Crippen LogP contribution in [0.3, 0.4) is 0 Å². The number of ketones is 1. The number of nitrogens with one attached hydrogen (secondary N) is 1. The summed E-state index contributed by atoms with van der Waals surface area (Å²) in [5.41, 5.74) is 0.480. The van der Waals surface area contributed by atoms with E-state index in [9.17, 15) is 24.3 Å². The number of benzene rings is 1. The van der Waals surface area contributed by atoms with Crippen LogP contribution in [0.1, 0.15) is 125 Å². The van der Waals surface area contributed by atoms with Crippen LogP contribution in [0.2, 0.25) is 0 Å². The van der Waals surface area contributed by atoms with Gasteiger partial charge in [-0.05, 0) is 103 Å². The van der Waals surface area contributed by atoms with E-state index in [2.05, 4.69) is 46.9 Å². The number of hydrogen-bond acceptors (Lipinski definition) is 5. The normalized spacial score (nSPS) is 41.5. The molecule has 4 fully saturated rings. The first-order chi connectivity index (χ1) is 22.8. The molecule has 0 aromatic heterocycles. The number of rotatable bonds is 7. The standard InChI is InChI=1S/C42H59NO6/c1-9-33(45)49-32-16-17-40(6)31(37(32,2)3)15-18-42(8)34(40)30(44)24-27-28-25-39(5,20-19-38(28,4)21-22-41(27,42)7)36(48)43-29(35(46)47)23-26-13-11-10-12-14-26/h10-14,24,28-29,31-32,34H,9,15-23,25H2,1-8H3,(H,43,48)(H,46,47)/t28-,29-,31?,32-,34?,38+,39-,40-,41+,42+/m0/s1. The molecule has 0 spiro atoms. The molecule has 268 valence electrons. The third-order valence-corrected chi connectivity index (χ3v) is 15.5. The number of aliphatic carboxylic acids is 1. The average Bonchev–Trinajstić information content (AvgIpc) is 3.04. The first kappa shape index (κ1) is 35.9. The van der Waals surface area contributed by atoms with Crippen LogP contribution in [-0.2, 0) is 30.3 Å². The zero-order chi connectivity index (χ0) is 35.8. The van der Waals surface area contributed by atoms with Crippen LogP contribution >= 0.6 is 0 Å². The number of carbonyl (C=O) groups excluding carboxylic acids is 3.